The number of ether oxygens (including phenoxy) is 1. The molecule has 1 amide bonds. The highest BCUT2D eigenvalue weighted by atomic mass is 35.5. The van der Waals surface area contributed by atoms with Gasteiger partial charge in [0, 0.05) is 29.6 Å². The van der Waals surface area contributed by atoms with Crippen molar-refractivity contribution in [3.8, 4) is 0 Å². The molecule has 0 saturated carbocycles. The van der Waals surface area contributed by atoms with E-state index in [1.165, 1.54) is 0 Å². The summed E-state index contributed by atoms with van der Waals surface area (Å²) >= 11 is 6.10. The molecule has 31 heavy (non-hydrogen) atoms. The lowest BCUT2D eigenvalue weighted by molar-refractivity contribution is -0.138. The zero-order chi connectivity index (χ0) is 21.8. The molecule has 1 fully saturated rings. The monoisotopic (exact) mass is 439 g/mol. The minimum atomic E-state index is -0.252. The Kier molecular flexibility index (Phi) is 6.63. The Hall–Kier alpha value is -2.77. The van der Waals surface area contributed by atoms with Crippen LogP contribution in [0, 0.1) is 0 Å². The quantitative estimate of drug-likeness (QED) is 0.633. The minimum absolute atomic E-state index is 0.00911. The van der Waals surface area contributed by atoms with Gasteiger partial charge >= 0.3 is 0 Å². The largest absolute Gasteiger partial charge is 0.368 e. The predicted octanol–water partition coefficient (Wildman–Crippen LogP) is 3.71. The Morgan fingerprint density at radius 3 is 2.87 bits per heavy atom. The highest BCUT2D eigenvalue weighted by Crippen LogP contribution is 2.22. The zero-order valence-corrected chi connectivity index (χ0v) is 18.5. The first-order valence-corrected chi connectivity index (χ1v) is 10.9. The predicted molar refractivity (Wildman–Crippen MR) is 118 cm³/mol. The summed E-state index contributed by atoms with van der Waals surface area (Å²) in [4.78, 5) is 23.8. The first-order valence-electron chi connectivity index (χ1n) is 10.5. The Labute approximate surface area is 186 Å². The maximum absolute atomic E-state index is 12.8. The molecule has 0 radical (unpaired) electrons. The van der Waals surface area contributed by atoms with Gasteiger partial charge in [-0.2, -0.15) is 5.10 Å². The van der Waals surface area contributed by atoms with Crippen molar-refractivity contribution in [2.45, 2.75) is 38.7 Å². The lowest BCUT2D eigenvalue weighted by Gasteiger charge is -2.32. The molecule has 4 rings (SSSR count). The van der Waals surface area contributed by atoms with Gasteiger partial charge in [0.25, 0.3) is 0 Å². The molecule has 0 bridgehead atoms. The highest BCUT2D eigenvalue weighted by Gasteiger charge is 2.27. The molecule has 3 aromatic rings. The molecule has 1 N–H and O–H groups in total. The average molecular weight is 440 g/mol. The van der Waals surface area contributed by atoms with Gasteiger partial charge in [-0.25, -0.2) is 4.98 Å². The second-order valence-corrected chi connectivity index (χ2v) is 8.47. The van der Waals surface area contributed by atoms with E-state index in [1.807, 2.05) is 61.2 Å². The van der Waals surface area contributed by atoms with Gasteiger partial charge in [0.1, 0.15) is 11.9 Å². The number of aromatic nitrogens is 4. The van der Waals surface area contributed by atoms with Crippen molar-refractivity contribution in [1.82, 2.24) is 25.1 Å². The van der Waals surface area contributed by atoms with Gasteiger partial charge in [0.2, 0.25) is 5.91 Å². The van der Waals surface area contributed by atoms with Crippen molar-refractivity contribution in [2.75, 3.05) is 19.7 Å². The van der Waals surface area contributed by atoms with Crippen LogP contribution in [0.3, 0.4) is 0 Å². The van der Waals surface area contributed by atoms with Crippen LogP contribution in [0.25, 0.3) is 0 Å². The molecule has 1 aliphatic rings. The molecule has 3 heterocycles. The number of halogens is 1. The van der Waals surface area contributed by atoms with E-state index in [-0.39, 0.29) is 24.3 Å². The zero-order valence-electron chi connectivity index (χ0n) is 17.7. The third-order valence-electron chi connectivity index (χ3n) is 5.24. The number of carbonyl (C=O) groups excluding carboxylic acids is 1. The van der Waals surface area contributed by atoms with E-state index in [2.05, 4.69) is 15.2 Å². The van der Waals surface area contributed by atoms with Crippen LogP contribution < -0.4 is 0 Å². The second kappa shape index (κ2) is 9.58. The Morgan fingerprint density at radius 1 is 1.26 bits per heavy atom. The van der Waals surface area contributed by atoms with E-state index in [4.69, 9.17) is 21.3 Å². The minimum Gasteiger partial charge on any atom is -0.368 e. The van der Waals surface area contributed by atoms with Crippen molar-refractivity contribution < 1.29 is 9.53 Å². The number of pyridine rings is 1. The van der Waals surface area contributed by atoms with Crippen LogP contribution in [-0.2, 0) is 22.4 Å². The van der Waals surface area contributed by atoms with Gasteiger partial charge in [-0.05, 0) is 29.8 Å². The van der Waals surface area contributed by atoms with Crippen molar-refractivity contribution >= 4 is 17.5 Å². The summed E-state index contributed by atoms with van der Waals surface area (Å²) in [5.74, 6) is 1.55. The highest BCUT2D eigenvalue weighted by molar-refractivity contribution is 6.30. The third-order valence-corrected chi connectivity index (χ3v) is 5.47. The summed E-state index contributed by atoms with van der Waals surface area (Å²) in [5.41, 5.74) is 2.87. The Balaban J connectivity index is 1.41. The van der Waals surface area contributed by atoms with Gasteiger partial charge in [-0.3, -0.25) is 14.9 Å². The van der Waals surface area contributed by atoms with E-state index >= 15 is 0 Å². The summed E-state index contributed by atoms with van der Waals surface area (Å²) in [5, 5.41) is 7.76. The number of rotatable bonds is 6. The molecule has 8 heteroatoms. The summed E-state index contributed by atoms with van der Waals surface area (Å²) in [6.45, 7) is 5.55. The number of benzene rings is 1. The van der Waals surface area contributed by atoms with Gasteiger partial charge in [-0.1, -0.05) is 43.6 Å². The molecule has 162 valence electrons. The number of nitrogens with one attached hydrogen (secondary N) is 1. The first-order chi connectivity index (χ1) is 15.0. The van der Waals surface area contributed by atoms with Crippen LogP contribution in [-0.4, -0.2) is 50.7 Å². The smallest absolute Gasteiger partial charge is 0.230 e. The lowest BCUT2D eigenvalue weighted by atomic mass is 10.1. The Morgan fingerprint density at radius 2 is 2.10 bits per heavy atom. The van der Waals surface area contributed by atoms with Crippen LogP contribution >= 0.6 is 11.6 Å². The van der Waals surface area contributed by atoms with Crippen molar-refractivity contribution in [2.24, 2.45) is 0 Å². The van der Waals surface area contributed by atoms with Crippen molar-refractivity contribution in [3.63, 3.8) is 0 Å². The van der Waals surface area contributed by atoms with E-state index in [0.29, 0.717) is 37.0 Å². The molecule has 1 atom stereocenters. The fourth-order valence-electron chi connectivity index (χ4n) is 3.59. The van der Waals surface area contributed by atoms with Crippen LogP contribution in [0.2, 0.25) is 5.02 Å². The number of hydrogen-bond donors (Lipinski definition) is 1. The number of nitrogens with zero attached hydrogens (tertiary/aromatic N) is 4. The van der Waals surface area contributed by atoms with Gasteiger partial charge in [0.15, 0.2) is 5.82 Å². The van der Waals surface area contributed by atoms with Crippen molar-refractivity contribution in [3.05, 3.63) is 76.1 Å². The molecule has 2 aromatic heterocycles. The maximum Gasteiger partial charge on any atom is 0.230 e. The van der Waals surface area contributed by atoms with E-state index in [9.17, 15) is 4.79 Å². The van der Waals surface area contributed by atoms with Gasteiger partial charge in [0.05, 0.1) is 25.3 Å². The fraction of sp³-hybridized carbons (Fsp3) is 0.391. The third kappa shape index (κ3) is 5.48. The number of carbonyl (C=O) groups is 1. The van der Waals surface area contributed by atoms with Crippen LogP contribution in [0.5, 0.6) is 0 Å². The van der Waals surface area contributed by atoms with Crippen LogP contribution in [0.15, 0.2) is 42.5 Å². The standard InChI is InChI=1S/C23H26ClN5O2/c1-15(2)23-26-21(27-28-23)13-22(30)29-9-10-31-20(14-29)19-8-4-7-18(25-19)12-16-5-3-6-17(24)11-16/h3-8,11,15,20H,9-10,12-14H2,1-2H3,(H,26,27,28)/t20-/m1/s1. The average Bonchev–Trinajstić information content (AvgIpc) is 3.23. The summed E-state index contributed by atoms with van der Waals surface area (Å²) in [6, 6.07) is 13.7. The van der Waals surface area contributed by atoms with Crippen LogP contribution in [0.4, 0.5) is 0 Å². The molecule has 0 aliphatic carbocycles. The fourth-order valence-corrected chi connectivity index (χ4v) is 3.80. The number of hydrogen-bond acceptors (Lipinski definition) is 5. The maximum atomic E-state index is 12.8. The summed E-state index contributed by atoms with van der Waals surface area (Å²) in [6.07, 6.45) is 0.639. The molecular formula is C23H26ClN5O2. The molecule has 0 spiro atoms. The molecule has 1 saturated heterocycles. The molecule has 1 aliphatic heterocycles. The Bertz CT molecular complexity index is 1050. The molecule has 0 unspecified atom stereocenters. The van der Waals surface area contributed by atoms with Crippen molar-refractivity contribution in [1.29, 1.82) is 0 Å². The number of H-pyrrole nitrogens is 1. The van der Waals surface area contributed by atoms with E-state index in [0.717, 1.165) is 22.8 Å². The number of morpholine rings is 1. The van der Waals surface area contributed by atoms with Crippen LogP contribution in [0.1, 0.15) is 54.5 Å². The number of aromatic amines is 1. The topological polar surface area (TPSA) is 84.0 Å². The SMILES string of the molecule is CC(C)c1n[nH]c(CC(=O)N2CCO[C@@H](c3cccc(Cc4cccc(Cl)c4)n3)C2)n1. The second-order valence-electron chi connectivity index (χ2n) is 8.03. The molecular weight excluding hydrogens is 414 g/mol. The van der Waals surface area contributed by atoms with E-state index in [1.54, 1.807) is 0 Å². The van der Waals surface area contributed by atoms with Gasteiger partial charge < -0.3 is 9.64 Å². The lowest BCUT2D eigenvalue weighted by Crippen LogP contribution is -2.43. The van der Waals surface area contributed by atoms with E-state index < -0.39 is 0 Å². The first kappa shape index (κ1) is 21.5. The normalized spacial score (nSPS) is 16.6. The molecule has 1 aromatic carbocycles. The van der Waals surface area contributed by atoms with Gasteiger partial charge in [-0.15, -0.1) is 0 Å². The summed E-state index contributed by atoms with van der Waals surface area (Å²) in [7, 11) is 0. The molecule has 7 nitrogen and oxygen atoms in total. The number of amides is 1. The summed E-state index contributed by atoms with van der Waals surface area (Å²) < 4.78 is 5.94.